The van der Waals surface area contributed by atoms with Crippen molar-refractivity contribution in [3.8, 4) is 17.2 Å². The molecule has 2 rings (SSSR count). The SMILES string of the molecule is COc1ccccc1OCC(=O)NNC(=S)NC(=O)c1cccc(OCC(C)C)c1. The maximum atomic E-state index is 12.3. The summed E-state index contributed by atoms with van der Waals surface area (Å²) in [5.74, 6) is 1.00. The summed E-state index contributed by atoms with van der Waals surface area (Å²) in [7, 11) is 1.51. The molecule has 0 fully saturated rings. The molecule has 0 aromatic heterocycles. The van der Waals surface area contributed by atoms with E-state index in [2.05, 4.69) is 16.2 Å². The van der Waals surface area contributed by atoms with E-state index in [9.17, 15) is 9.59 Å². The smallest absolute Gasteiger partial charge is 0.276 e. The highest BCUT2D eigenvalue weighted by Crippen LogP contribution is 2.25. The number of thiocarbonyl (C=S) groups is 1. The third-order valence-electron chi connectivity index (χ3n) is 3.65. The predicted octanol–water partition coefficient (Wildman–Crippen LogP) is 2.44. The fraction of sp³-hybridized carbons (Fsp3) is 0.286. The summed E-state index contributed by atoms with van der Waals surface area (Å²) in [5, 5.41) is 2.43. The molecule has 0 spiro atoms. The highest BCUT2D eigenvalue weighted by atomic mass is 32.1. The molecule has 0 saturated heterocycles. The Hall–Kier alpha value is -3.33. The lowest BCUT2D eigenvalue weighted by atomic mass is 10.2. The summed E-state index contributed by atoms with van der Waals surface area (Å²) in [6, 6.07) is 13.7. The molecule has 0 aliphatic rings. The number of carbonyl (C=O) groups is 2. The second kappa shape index (κ2) is 11.6. The van der Waals surface area contributed by atoms with Crippen LogP contribution in [0.5, 0.6) is 17.2 Å². The average molecular weight is 432 g/mol. The highest BCUT2D eigenvalue weighted by Gasteiger charge is 2.11. The highest BCUT2D eigenvalue weighted by molar-refractivity contribution is 7.80. The Morgan fingerprint density at radius 2 is 1.73 bits per heavy atom. The molecule has 8 nitrogen and oxygen atoms in total. The first-order valence-corrected chi connectivity index (χ1v) is 9.68. The third-order valence-corrected chi connectivity index (χ3v) is 3.85. The van der Waals surface area contributed by atoms with Crippen molar-refractivity contribution < 1.29 is 23.8 Å². The molecule has 2 amide bonds. The number of amides is 2. The van der Waals surface area contributed by atoms with E-state index in [1.165, 1.54) is 7.11 Å². The van der Waals surface area contributed by atoms with Crippen LogP contribution in [0.15, 0.2) is 48.5 Å². The van der Waals surface area contributed by atoms with E-state index in [0.29, 0.717) is 35.3 Å². The van der Waals surface area contributed by atoms with Gasteiger partial charge < -0.3 is 14.2 Å². The lowest BCUT2D eigenvalue weighted by molar-refractivity contribution is -0.123. The van der Waals surface area contributed by atoms with Gasteiger partial charge in [0.25, 0.3) is 11.8 Å². The summed E-state index contributed by atoms with van der Waals surface area (Å²) in [5.41, 5.74) is 5.20. The van der Waals surface area contributed by atoms with Gasteiger partial charge in [-0.3, -0.25) is 25.8 Å². The summed E-state index contributed by atoms with van der Waals surface area (Å²) in [4.78, 5) is 24.2. The van der Waals surface area contributed by atoms with E-state index in [0.717, 1.165) is 0 Å². The zero-order valence-corrected chi connectivity index (χ0v) is 17.9. The van der Waals surface area contributed by atoms with Gasteiger partial charge in [-0.1, -0.05) is 32.0 Å². The molecule has 0 bridgehead atoms. The van der Waals surface area contributed by atoms with Crippen LogP contribution in [0.2, 0.25) is 0 Å². The summed E-state index contributed by atoms with van der Waals surface area (Å²) >= 11 is 5.03. The number of para-hydroxylation sites is 2. The van der Waals surface area contributed by atoms with Crippen LogP contribution in [0.3, 0.4) is 0 Å². The van der Waals surface area contributed by atoms with E-state index in [-0.39, 0.29) is 11.7 Å². The van der Waals surface area contributed by atoms with E-state index >= 15 is 0 Å². The lowest BCUT2D eigenvalue weighted by Gasteiger charge is -2.13. The van der Waals surface area contributed by atoms with Crippen molar-refractivity contribution in [3.05, 3.63) is 54.1 Å². The molecular weight excluding hydrogens is 406 g/mol. The second-order valence-electron chi connectivity index (χ2n) is 6.63. The van der Waals surface area contributed by atoms with E-state index in [4.69, 9.17) is 26.4 Å². The fourth-order valence-electron chi connectivity index (χ4n) is 2.24. The van der Waals surface area contributed by atoms with Crippen molar-refractivity contribution in [2.45, 2.75) is 13.8 Å². The molecule has 0 unspecified atom stereocenters. The van der Waals surface area contributed by atoms with Gasteiger partial charge in [0, 0.05) is 5.56 Å². The van der Waals surface area contributed by atoms with Crippen LogP contribution in [0.4, 0.5) is 0 Å². The van der Waals surface area contributed by atoms with E-state index in [1.54, 1.807) is 48.5 Å². The van der Waals surface area contributed by atoms with Crippen LogP contribution < -0.4 is 30.4 Å². The number of rotatable bonds is 8. The second-order valence-corrected chi connectivity index (χ2v) is 7.04. The number of carbonyl (C=O) groups excluding carboxylic acids is 2. The molecule has 3 N–H and O–H groups in total. The van der Waals surface area contributed by atoms with Gasteiger partial charge in [0.05, 0.1) is 13.7 Å². The monoisotopic (exact) mass is 431 g/mol. The third kappa shape index (κ3) is 7.59. The van der Waals surface area contributed by atoms with Gasteiger partial charge in [-0.2, -0.15) is 0 Å². The molecule has 2 aromatic carbocycles. The lowest BCUT2D eigenvalue weighted by Crippen LogP contribution is -2.49. The quantitative estimate of drug-likeness (QED) is 0.436. The number of nitrogens with one attached hydrogen (secondary N) is 3. The van der Waals surface area contributed by atoms with Crippen molar-refractivity contribution in [3.63, 3.8) is 0 Å². The van der Waals surface area contributed by atoms with Crippen molar-refractivity contribution in [1.29, 1.82) is 0 Å². The number of hydrogen-bond donors (Lipinski definition) is 3. The first-order chi connectivity index (χ1) is 14.4. The van der Waals surface area contributed by atoms with Crippen molar-refractivity contribution in [2.75, 3.05) is 20.3 Å². The molecule has 0 saturated carbocycles. The van der Waals surface area contributed by atoms with E-state index in [1.807, 2.05) is 13.8 Å². The number of hydrazine groups is 1. The zero-order valence-electron chi connectivity index (χ0n) is 17.1. The predicted molar refractivity (Wildman–Crippen MR) is 117 cm³/mol. The van der Waals surface area contributed by atoms with E-state index < -0.39 is 11.8 Å². The molecule has 0 aliphatic carbocycles. The van der Waals surface area contributed by atoms with Gasteiger partial charge in [0.2, 0.25) is 0 Å². The first-order valence-electron chi connectivity index (χ1n) is 9.28. The Labute approximate surface area is 180 Å². The minimum Gasteiger partial charge on any atom is -0.493 e. The molecule has 0 radical (unpaired) electrons. The van der Waals surface area contributed by atoms with Crippen molar-refractivity contribution >= 4 is 29.1 Å². The number of hydrogen-bond acceptors (Lipinski definition) is 6. The number of ether oxygens (including phenoxy) is 3. The minimum absolute atomic E-state index is 0.0563. The Kier molecular flexibility index (Phi) is 8.89. The molecule has 0 atom stereocenters. The summed E-state index contributed by atoms with van der Waals surface area (Å²) < 4.78 is 16.2. The Morgan fingerprint density at radius 1 is 1.00 bits per heavy atom. The van der Waals surface area contributed by atoms with Crippen molar-refractivity contribution in [1.82, 2.24) is 16.2 Å². The van der Waals surface area contributed by atoms with Crippen LogP contribution in [-0.2, 0) is 4.79 Å². The van der Waals surface area contributed by atoms with Crippen LogP contribution in [-0.4, -0.2) is 37.3 Å². The van der Waals surface area contributed by atoms with Crippen LogP contribution in [0.25, 0.3) is 0 Å². The molecule has 0 aliphatic heterocycles. The fourth-order valence-corrected chi connectivity index (χ4v) is 2.38. The summed E-state index contributed by atoms with van der Waals surface area (Å²) in [6.45, 7) is 4.36. The Bertz CT molecular complexity index is 888. The Balaban J connectivity index is 1.78. The van der Waals surface area contributed by atoms with Gasteiger partial charge >= 0.3 is 0 Å². The Morgan fingerprint density at radius 3 is 2.43 bits per heavy atom. The van der Waals surface area contributed by atoms with Gasteiger partial charge in [0.15, 0.2) is 23.2 Å². The number of benzene rings is 2. The zero-order chi connectivity index (χ0) is 21.9. The van der Waals surface area contributed by atoms with Gasteiger partial charge in [-0.05, 0) is 48.5 Å². The maximum Gasteiger partial charge on any atom is 0.276 e. The largest absolute Gasteiger partial charge is 0.493 e. The molecule has 0 heterocycles. The molecule has 30 heavy (non-hydrogen) atoms. The van der Waals surface area contributed by atoms with Gasteiger partial charge in [-0.15, -0.1) is 0 Å². The van der Waals surface area contributed by atoms with Gasteiger partial charge in [0.1, 0.15) is 5.75 Å². The molecular formula is C21H25N3O5S. The first kappa shape index (κ1) is 23.0. The average Bonchev–Trinajstić information content (AvgIpc) is 2.75. The molecule has 9 heteroatoms. The molecule has 160 valence electrons. The van der Waals surface area contributed by atoms with Crippen molar-refractivity contribution in [2.24, 2.45) is 5.92 Å². The topological polar surface area (TPSA) is 97.9 Å². The van der Waals surface area contributed by atoms with Crippen LogP contribution in [0.1, 0.15) is 24.2 Å². The van der Waals surface area contributed by atoms with Gasteiger partial charge in [-0.25, -0.2) is 0 Å². The van der Waals surface area contributed by atoms with Crippen LogP contribution in [0, 0.1) is 5.92 Å². The normalized spacial score (nSPS) is 10.1. The molecule has 2 aromatic rings. The standard InChI is InChI=1S/C21H25N3O5S/c1-14(2)12-28-16-8-6-7-15(11-16)20(26)22-21(30)24-23-19(25)13-29-18-10-5-4-9-17(18)27-3/h4-11,14H,12-13H2,1-3H3,(H,23,25)(H2,22,24,26,30). The minimum atomic E-state index is -0.485. The summed E-state index contributed by atoms with van der Waals surface area (Å²) in [6.07, 6.45) is 0. The number of methoxy groups -OCH3 is 1. The maximum absolute atomic E-state index is 12.3. The van der Waals surface area contributed by atoms with Crippen LogP contribution >= 0.6 is 12.2 Å².